The van der Waals surface area contributed by atoms with Gasteiger partial charge in [-0.05, 0) is 67.6 Å². The standard InChI is InChI=1S/C22H27N3O3/c26-21(25-13-1-2-20(25)22(27)28)14-15-3-5-16(6-4-15)17-7-9-18(10-8-17)19-11-12-23-24-19/h7-12,15-16,20H,1-6,13-14H2,(H,23,24)(H,27,28)/t15?,16?,20-/m0/s1. The van der Waals surface area contributed by atoms with E-state index < -0.39 is 12.0 Å². The summed E-state index contributed by atoms with van der Waals surface area (Å²) in [6.45, 7) is 0.591. The third-order valence-electron chi connectivity index (χ3n) is 6.36. The van der Waals surface area contributed by atoms with Crippen LogP contribution in [-0.4, -0.2) is 44.7 Å². The molecule has 4 rings (SSSR count). The van der Waals surface area contributed by atoms with Crippen LogP contribution in [0.4, 0.5) is 0 Å². The third-order valence-corrected chi connectivity index (χ3v) is 6.36. The first-order valence-corrected chi connectivity index (χ1v) is 10.2. The molecule has 2 fully saturated rings. The van der Waals surface area contributed by atoms with E-state index in [4.69, 9.17) is 0 Å². The Morgan fingerprint density at radius 3 is 2.46 bits per heavy atom. The van der Waals surface area contributed by atoms with E-state index in [-0.39, 0.29) is 5.91 Å². The number of hydrogen-bond acceptors (Lipinski definition) is 3. The van der Waals surface area contributed by atoms with Gasteiger partial charge in [0, 0.05) is 19.2 Å². The number of carbonyl (C=O) groups excluding carboxylic acids is 1. The number of aromatic amines is 1. The van der Waals surface area contributed by atoms with Crippen LogP contribution in [0.2, 0.25) is 0 Å². The number of benzene rings is 1. The average Bonchev–Trinajstić information content (AvgIpc) is 3.41. The maximum absolute atomic E-state index is 12.6. The summed E-state index contributed by atoms with van der Waals surface area (Å²) in [5.41, 5.74) is 3.52. The highest BCUT2D eigenvalue weighted by Gasteiger charge is 2.35. The number of carboxylic acid groups (broad SMARTS) is 1. The molecule has 2 aliphatic rings. The number of nitrogens with one attached hydrogen (secondary N) is 1. The fourth-order valence-corrected chi connectivity index (χ4v) is 4.74. The first kappa shape index (κ1) is 18.7. The fourth-order valence-electron chi connectivity index (χ4n) is 4.74. The minimum Gasteiger partial charge on any atom is -0.480 e. The van der Waals surface area contributed by atoms with Gasteiger partial charge in [-0.3, -0.25) is 9.89 Å². The number of hydrogen-bond donors (Lipinski definition) is 2. The van der Waals surface area contributed by atoms with Gasteiger partial charge in [-0.1, -0.05) is 24.3 Å². The summed E-state index contributed by atoms with van der Waals surface area (Å²) >= 11 is 0. The Morgan fingerprint density at radius 2 is 1.82 bits per heavy atom. The predicted molar refractivity (Wildman–Crippen MR) is 106 cm³/mol. The Balaban J connectivity index is 1.30. The molecule has 6 heteroatoms. The lowest BCUT2D eigenvalue weighted by Gasteiger charge is -2.30. The highest BCUT2D eigenvalue weighted by atomic mass is 16.4. The van der Waals surface area contributed by atoms with Crippen LogP contribution >= 0.6 is 0 Å². The van der Waals surface area contributed by atoms with Crippen molar-refractivity contribution in [3.63, 3.8) is 0 Å². The molecule has 148 valence electrons. The van der Waals surface area contributed by atoms with Crippen molar-refractivity contribution in [2.75, 3.05) is 6.54 Å². The van der Waals surface area contributed by atoms with Gasteiger partial charge in [0.15, 0.2) is 0 Å². The summed E-state index contributed by atoms with van der Waals surface area (Å²) in [5.74, 6) is 0.0779. The molecule has 0 spiro atoms. The van der Waals surface area contributed by atoms with Crippen molar-refractivity contribution >= 4 is 11.9 Å². The largest absolute Gasteiger partial charge is 0.480 e. The highest BCUT2D eigenvalue weighted by Crippen LogP contribution is 2.38. The zero-order valence-corrected chi connectivity index (χ0v) is 16.0. The monoisotopic (exact) mass is 381 g/mol. The van der Waals surface area contributed by atoms with Crippen molar-refractivity contribution in [1.82, 2.24) is 15.1 Å². The van der Waals surface area contributed by atoms with Gasteiger partial charge in [-0.25, -0.2) is 4.79 Å². The number of nitrogens with zero attached hydrogens (tertiary/aromatic N) is 2. The molecule has 0 bridgehead atoms. The smallest absolute Gasteiger partial charge is 0.326 e. The van der Waals surface area contributed by atoms with Crippen molar-refractivity contribution in [3.05, 3.63) is 42.1 Å². The number of rotatable bonds is 5. The second-order valence-corrected chi connectivity index (χ2v) is 8.10. The van der Waals surface area contributed by atoms with E-state index in [1.807, 2.05) is 6.07 Å². The van der Waals surface area contributed by atoms with Gasteiger partial charge >= 0.3 is 5.97 Å². The van der Waals surface area contributed by atoms with Gasteiger partial charge in [-0.15, -0.1) is 0 Å². The van der Waals surface area contributed by atoms with Crippen molar-refractivity contribution < 1.29 is 14.7 Å². The second-order valence-electron chi connectivity index (χ2n) is 8.10. The molecular formula is C22H27N3O3. The van der Waals surface area contributed by atoms with Crippen molar-refractivity contribution in [3.8, 4) is 11.3 Å². The number of aromatic nitrogens is 2. The minimum atomic E-state index is -0.867. The molecule has 2 heterocycles. The summed E-state index contributed by atoms with van der Waals surface area (Å²) in [7, 11) is 0. The maximum Gasteiger partial charge on any atom is 0.326 e. The minimum absolute atomic E-state index is 0.0252. The molecule has 2 N–H and O–H groups in total. The van der Waals surface area contributed by atoms with Crippen molar-refractivity contribution in [1.29, 1.82) is 0 Å². The highest BCUT2D eigenvalue weighted by molar-refractivity contribution is 5.84. The van der Waals surface area contributed by atoms with Crippen LogP contribution in [0.5, 0.6) is 0 Å². The van der Waals surface area contributed by atoms with Gasteiger partial charge in [0.05, 0.1) is 5.69 Å². The van der Waals surface area contributed by atoms with Gasteiger partial charge in [-0.2, -0.15) is 5.10 Å². The third kappa shape index (κ3) is 3.96. The van der Waals surface area contributed by atoms with Crippen LogP contribution in [0.15, 0.2) is 36.5 Å². The van der Waals surface area contributed by atoms with E-state index in [0.29, 0.717) is 31.2 Å². The number of carboxylic acids is 1. The molecule has 1 amide bonds. The Morgan fingerprint density at radius 1 is 1.07 bits per heavy atom. The van der Waals surface area contributed by atoms with Crippen LogP contribution in [0, 0.1) is 5.92 Å². The molecule has 1 aliphatic heterocycles. The molecule has 28 heavy (non-hydrogen) atoms. The molecule has 0 unspecified atom stereocenters. The number of likely N-dealkylation sites (tertiary alicyclic amines) is 1. The molecule has 0 radical (unpaired) electrons. The summed E-state index contributed by atoms with van der Waals surface area (Å²) < 4.78 is 0. The van der Waals surface area contributed by atoms with Crippen LogP contribution in [0.3, 0.4) is 0 Å². The lowest BCUT2D eigenvalue weighted by atomic mass is 9.77. The average molecular weight is 381 g/mol. The van der Waals surface area contributed by atoms with Crippen LogP contribution in [-0.2, 0) is 9.59 Å². The quantitative estimate of drug-likeness (QED) is 0.824. The van der Waals surface area contributed by atoms with E-state index in [0.717, 1.165) is 43.4 Å². The molecule has 1 aromatic carbocycles. The number of H-pyrrole nitrogens is 1. The molecule has 1 atom stereocenters. The van der Waals surface area contributed by atoms with E-state index in [9.17, 15) is 14.7 Å². The lowest BCUT2D eigenvalue weighted by Crippen LogP contribution is -2.41. The molecular weight excluding hydrogens is 354 g/mol. The van der Waals surface area contributed by atoms with Gasteiger partial charge in [0.25, 0.3) is 0 Å². The van der Waals surface area contributed by atoms with E-state index in [1.165, 1.54) is 5.56 Å². The lowest BCUT2D eigenvalue weighted by molar-refractivity contribution is -0.148. The number of amides is 1. The summed E-state index contributed by atoms with van der Waals surface area (Å²) in [4.78, 5) is 25.5. The summed E-state index contributed by atoms with van der Waals surface area (Å²) in [6, 6.07) is 10.0. The Kier molecular flexibility index (Phi) is 5.46. The summed E-state index contributed by atoms with van der Waals surface area (Å²) in [6.07, 6.45) is 7.87. The Hall–Kier alpha value is -2.63. The van der Waals surface area contributed by atoms with E-state index in [1.54, 1.807) is 11.1 Å². The zero-order valence-electron chi connectivity index (χ0n) is 16.0. The summed E-state index contributed by atoms with van der Waals surface area (Å²) in [5, 5.41) is 16.3. The second kappa shape index (κ2) is 8.17. The molecule has 1 aromatic heterocycles. The maximum atomic E-state index is 12.6. The predicted octanol–water partition coefficient (Wildman–Crippen LogP) is 3.82. The molecule has 1 saturated carbocycles. The first-order chi connectivity index (χ1) is 13.6. The van der Waals surface area contributed by atoms with Crippen molar-refractivity contribution in [2.24, 2.45) is 5.92 Å². The van der Waals surface area contributed by atoms with Crippen molar-refractivity contribution in [2.45, 2.75) is 56.9 Å². The fraction of sp³-hybridized carbons (Fsp3) is 0.500. The number of carbonyl (C=O) groups is 2. The first-order valence-electron chi connectivity index (χ1n) is 10.2. The molecule has 1 aliphatic carbocycles. The van der Waals surface area contributed by atoms with E-state index >= 15 is 0 Å². The van der Waals surface area contributed by atoms with Crippen LogP contribution in [0.1, 0.15) is 56.4 Å². The topological polar surface area (TPSA) is 86.3 Å². The van der Waals surface area contributed by atoms with Gasteiger partial charge in [0.2, 0.25) is 5.91 Å². The van der Waals surface area contributed by atoms with E-state index in [2.05, 4.69) is 34.5 Å². The molecule has 1 saturated heterocycles. The zero-order chi connectivity index (χ0) is 19.5. The Labute approximate surface area is 164 Å². The Bertz CT molecular complexity index is 808. The van der Waals surface area contributed by atoms with Gasteiger partial charge in [0.1, 0.15) is 6.04 Å². The normalized spacial score (nSPS) is 25.0. The molecule has 6 nitrogen and oxygen atoms in total. The number of aliphatic carboxylic acids is 1. The SMILES string of the molecule is O=C(O)[C@@H]1CCCN1C(=O)CC1CCC(c2ccc(-c3ccn[nH]3)cc2)CC1. The van der Waals surface area contributed by atoms with Crippen LogP contribution in [0.25, 0.3) is 11.3 Å². The van der Waals surface area contributed by atoms with Crippen LogP contribution < -0.4 is 0 Å². The van der Waals surface area contributed by atoms with Gasteiger partial charge < -0.3 is 10.0 Å². The molecule has 2 aromatic rings.